The molecule has 0 fully saturated rings. The van der Waals surface area contributed by atoms with E-state index in [9.17, 15) is 4.79 Å². The van der Waals surface area contributed by atoms with Gasteiger partial charge in [0.2, 0.25) is 0 Å². The van der Waals surface area contributed by atoms with Crippen LogP contribution in [0.5, 0.6) is 0 Å². The van der Waals surface area contributed by atoms with Crippen LogP contribution in [0.3, 0.4) is 0 Å². The first-order valence-corrected chi connectivity index (χ1v) is 4.56. The monoisotopic (exact) mass is 172 g/mol. The van der Waals surface area contributed by atoms with Crippen LogP contribution in [0.1, 0.15) is 34.6 Å². The molecule has 0 heterocycles. The van der Waals surface area contributed by atoms with E-state index in [4.69, 9.17) is 0 Å². The normalized spacial score (nSPS) is 10.6. The molecular weight excluding hydrogens is 152 g/mol. The van der Waals surface area contributed by atoms with Crippen molar-refractivity contribution in [2.45, 2.75) is 46.7 Å². The van der Waals surface area contributed by atoms with Crippen LogP contribution in [-0.2, 0) is 0 Å². The molecular formula is C9H20N2O. The molecule has 1 N–H and O–H groups in total. The predicted octanol–water partition coefficient (Wildman–Crippen LogP) is 1.83. The van der Waals surface area contributed by atoms with Gasteiger partial charge in [-0.15, -0.1) is 0 Å². The number of carbonyl (C=O) groups excluding carboxylic acids is 1. The van der Waals surface area contributed by atoms with E-state index in [1.54, 1.807) is 4.90 Å². The van der Waals surface area contributed by atoms with E-state index in [0.717, 1.165) is 6.54 Å². The zero-order chi connectivity index (χ0) is 9.72. The molecule has 0 aliphatic carbocycles. The van der Waals surface area contributed by atoms with Crippen molar-refractivity contribution in [3.8, 4) is 0 Å². The van der Waals surface area contributed by atoms with Crippen molar-refractivity contribution in [1.82, 2.24) is 10.2 Å². The van der Waals surface area contributed by atoms with E-state index >= 15 is 0 Å². The molecule has 72 valence electrons. The lowest BCUT2D eigenvalue weighted by Gasteiger charge is -2.26. The zero-order valence-corrected chi connectivity index (χ0v) is 8.72. The van der Waals surface area contributed by atoms with Crippen molar-refractivity contribution >= 4 is 6.03 Å². The first-order chi connectivity index (χ1) is 5.49. The van der Waals surface area contributed by atoms with Crippen molar-refractivity contribution in [2.24, 2.45) is 0 Å². The van der Waals surface area contributed by atoms with E-state index in [0.29, 0.717) is 0 Å². The Kier molecular flexibility index (Phi) is 4.71. The van der Waals surface area contributed by atoms with Crippen molar-refractivity contribution in [3.63, 3.8) is 0 Å². The maximum Gasteiger partial charge on any atom is 0.317 e. The zero-order valence-electron chi connectivity index (χ0n) is 8.72. The molecule has 0 saturated heterocycles. The molecule has 0 aliphatic heterocycles. The van der Waals surface area contributed by atoms with Crippen LogP contribution >= 0.6 is 0 Å². The second-order valence-corrected chi connectivity index (χ2v) is 3.48. The lowest BCUT2D eigenvalue weighted by molar-refractivity contribution is 0.184. The van der Waals surface area contributed by atoms with Gasteiger partial charge in [0.1, 0.15) is 0 Å². The van der Waals surface area contributed by atoms with Crippen LogP contribution in [0.2, 0.25) is 0 Å². The Balaban J connectivity index is 4.04. The molecule has 0 unspecified atom stereocenters. The minimum atomic E-state index is 0.0301. The molecule has 0 saturated carbocycles. The van der Waals surface area contributed by atoms with Crippen LogP contribution in [0, 0.1) is 0 Å². The summed E-state index contributed by atoms with van der Waals surface area (Å²) in [5.41, 5.74) is 0. The van der Waals surface area contributed by atoms with Gasteiger partial charge in [0.15, 0.2) is 0 Å². The lowest BCUT2D eigenvalue weighted by atomic mass is 10.3. The van der Waals surface area contributed by atoms with Gasteiger partial charge < -0.3 is 10.2 Å². The van der Waals surface area contributed by atoms with Crippen LogP contribution < -0.4 is 5.32 Å². The van der Waals surface area contributed by atoms with E-state index in [1.165, 1.54) is 0 Å². The van der Waals surface area contributed by atoms with Crippen LogP contribution in [-0.4, -0.2) is 29.6 Å². The van der Waals surface area contributed by atoms with Gasteiger partial charge in [-0.25, -0.2) is 4.79 Å². The van der Waals surface area contributed by atoms with E-state index in [-0.39, 0.29) is 18.1 Å². The molecule has 0 aromatic heterocycles. The van der Waals surface area contributed by atoms with Crippen molar-refractivity contribution in [3.05, 3.63) is 0 Å². The molecule has 3 heteroatoms. The summed E-state index contributed by atoms with van der Waals surface area (Å²) in [6.45, 7) is 10.7. The summed E-state index contributed by atoms with van der Waals surface area (Å²) in [5.74, 6) is 0. The molecule has 0 bridgehead atoms. The average Bonchev–Trinajstić information content (AvgIpc) is 1.85. The number of nitrogens with one attached hydrogen (secondary N) is 1. The standard InChI is InChI=1S/C9H20N2O/c1-6-11(8(4)5)9(12)10-7(2)3/h7-8H,6H2,1-5H3,(H,10,12). The minimum Gasteiger partial charge on any atom is -0.336 e. The summed E-state index contributed by atoms with van der Waals surface area (Å²) < 4.78 is 0. The molecule has 0 atom stereocenters. The molecule has 2 amide bonds. The van der Waals surface area contributed by atoms with Gasteiger partial charge in [-0.2, -0.15) is 0 Å². The number of carbonyl (C=O) groups is 1. The summed E-state index contributed by atoms with van der Waals surface area (Å²) in [4.78, 5) is 13.2. The van der Waals surface area contributed by atoms with Gasteiger partial charge in [0.05, 0.1) is 0 Å². The number of urea groups is 1. The minimum absolute atomic E-state index is 0.0301. The molecule has 0 radical (unpaired) electrons. The van der Waals surface area contributed by atoms with Crippen molar-refractivity contribution in [2.75, 3.05) is 6.54 Å². The Bertz CT molecular complexity index is 143. The third-order valence-electron chi connectivity index (χ3n) is 1.64. The van der Waals surface area contributed by atoms with Gasteiger partial charge >= 0.3 is 6.03 Å². The van der Waals surface area contributed by atoms with Gasteiger partial charge in [-0.05, 0) is 34.6 Å². The van der Waals surface area contributed by atoms with Gasteiger partial charge in [0, 0.05) is 18.6 Å². The number of rotatable bonds is 3. The molecule has 0 aliphatic rings. The molecule has 3 nitrogen and oxygen atoms in total. The molecule has 0 spiro atoms. The smallest absolute Gasteiger partial charge is 0.317 e. The van der Waals surface area contributed by atoms with E-state index in [2.05, 4.69) is 5.32 Å². The Labute approximate surface area is 75.1 Å². The molecule has 0 rings (SSSR count). The average molecular weight is 172 g/mol. The fourth-order valence-electron chi connectivity index (χ4n) is 1.07. The van der Waals surface area contributed by atoms with Crippen molar-refractivity contribution < 1.29 is 4.79 Å². The highest BCUT2D eigenvalue weighted by Gasteiger charge is 2.14. The quantitative estimate of drug-likeness (QED) is 0.692. The van der Waals surface area contributed by atoms with E-state index < -0.39 is 0 Å². The van der Waals surface area contributed by atoms with Crippen LogP contribution in [0.15, 0.2) is 0 Å². The van der Waals surface area contributed by atoms with Gasteiger partial charge in [0.25, 0.3) is 0 Å². The second kappa shape index (κ2) is 5.01. The molecule has 0 aromatic rings. The topological polar surface area (TPSA) is 32.3 Å². The maximum absolute atomic E-state index is 11.4. The van der Waals surface area contributed by atoms with Crippen LogP contribution in [0.25, 0.3) is 0 Å². The Morgan fingerprint density at radius 1 is 1.33 bits per heavy atom. The summed E-state index contributed by atoms with van der Waals surface area (Å²) in [5, 5.41) is 2.86. The molecule has 12 heavy (non-hydrogen) atoms. The van der Waals surface area contributed by atoms with Gasteiger partial charge in [-0.1, -0.05) is 0 Å². The highest BCUT2D eigenvalue weighted by Crippen LogP contribution is 1.98. The Morgan fingerprint density at radius 2 is 1.83 bits per heavy atom. The van der Waals surface area contributed by atoms with Gasteiger partial charge in [-0.3, -0.25) is 0 Å². The number of amides is 2. The summed E-state index contributed by atoms with van der Waals surface area (Å²) in [6.07, 6.45) is 0. The first-order valence-electron chi connectivity index (χ1n) is 4.56. The predicted molar refractivity (Wildman–Crippen MR) is 51.2 cm³/mol. The first kappa shape index (κ1) is 11.3. The summed E-state index contributed by atoms with van der Waals surface area (Å²) in [6, 6.07) is 0.515. The SMILES string of the molecule is CCN(C(=O)NC(C)C)C(C)C. The third-order valence-corrected chi connectivity index (χ3v) is 1.64. The van der Waals surface area contributed by atoms with Crippen LogP contribution in [0.4, 0.5) is 4.79 Å². The lowest BCUT2D eigenvalue weighted by Crippen LogP contribution is -2.46. The number of hydrogen-bond acceptors (Lipinski definition) is 1. The largest absolute Gasteiger partial charge is 0.336 e. The Morgan fingerprint density at radius 3 is 2.08 bits per heavy atom. The fourth-order valence-corrected chi connectivity index (χ4v) is 1.07. The van der Waals surface area contributed by atoms with E-state index in [1.807, 2.05) is 34.6 Å². The maximum atomic E-state index is 11.4. The summed E-state index contributed by atoms with van der Waals surface area (Å²) in [7, 11) is 0. The van der Waals surface area contributed by atoms with Crippen molar-refractivity contribution in [1.29, 1.82) is 0 Å². The second-order valence-electron chi connectivity index (χ2n) is 3.48. The highest BCUT2D eigenvalue weighted by atomic mass is 16.2. The number of hydrogen-bond donors (Lipinski definition) is 1. The fraction of sp³-hybridized carbons (Fsp3) is 0.889. The Hall–Kier alpha value is -0.730. The molecule has 0 aromatic carbocycles. The number of nitrogens with zero attached hydrogens (tertiary/aromatic N) is 1. The summed E-state index contributed by atoms with van der Waals surface area (Å²) >= 11 is 0. The highest BCUT2D eigenvalue weighted by molar-refractivity contribution is 5.74. The third kappa shape index (κ3) is 3.60.